The first-order valence-corrected chi connectivity index (χ1v) is 7.19. The van der Waals surface area contributed by atoms with E-state index >= 15 is 0 Å². The average Bonchev–Trinajstić information content (AvgIpc) is 2.92. The number of benzene rings is 1. The molecule has 0 saturated heterocycles. The molecule has 1 aromatic carbocycles. The Morgan fingerprint density at radius 2 is 2.05 bits per heavy atom. The summed E-state index contributed by atoms with van der Waals surface area (Å²) in [5.41, 5.74) is 5.47. The van der Waals surface area contributed by atoms with Gasteiger partial charge in [-0.15, -0.1) is 0 Å². The van der Waals surface area contributed by atoms with Crippen LogP contribution in [0, 0.1) is 11.6 Å². The fourth-order valence-corrected chi connectivity index (χ4v) is 2.67. The highest BCUT2D eigenvalue weighted by Crippen LogP contribution is 2.24. The van der Waals surface area contributed by atoms with Gasteiger partial charge in [0.1, 0.15) is 11.6 Å². The minimum absolute atomic E-state index is 0.0509. The maximum Gasteiger partial charge on any atom is 0.322 e. The Morgan fingerprint density at radius 3 is 2.62 bits per heavy atom. The lowest BCUT2D eigenvalue weighted by Crippen LogP contribution is -2.45. The smallest absolute Gasteiger partial charge is 0.322 e. The molecule has 0 radical (unpaired) electrons. The van der Waals surface area contributed by atoms with Crippen molar-refractivity contribution in [3.63, 3.8) is 0 Å². The Balaban J connectivity index is 2.11. The zero-order valence-electron chi connectivity index (χ0n) is 11.4. The van der Waals surface area contributed by atoms with E-state index in [4.69, 9.17) is 18.0 Å². The van der Waals surface area contributed by atoms with Gasteiger partial charge >= 0.3 is 6.03 Å². The Kier molecular flexibility index (Phi) is 5.06. The molecule has 0 aromatic heterocycles. The van der Waals surface area contributed by atoms with Gasteiger partial charge < -0.3 is 16.0 Å². The molecule has 21 heavy (non-hydrogen) atoms. The van der Waals surface area contributed by atoms with Crippen molar-refractivity contribution >= 4 is 28.9 Å². The number of anilines is 1. The van der Waals surface area contributed by atoms with Crippen molar-refractivity contribution in [1.29, 1.82) is 0 Å². The van der Waals surface area contributed by atoms with Crippen molar-refractivity contribution in [1.82, 2.24) is 4.90 Å². The van der Waals surface area contributed by atoms with Crippen molar-refractivity contribution in [2.45, 2.75) is 31.7 Å². The van der Waals surface area contributed by atoms with Gasteiger partial charge in [-0.2, -0.15) is 0 Å². The van der Waals surface area contributed by atoms with Crippen LogP contribution in [-0.2, 0) is 0 Å². The van der Waals surface area contributed by atoms with Crippen molar-refractivity contribution < 1.29 is 13.6 Å². The zero-order chi connectivity index (χ0) is 15.4. The Hall–Kier alpha value is -1.76. The molecule has 0 heterocycles. The first kappa shape index (κ1) is 15.6. The number of halogens is 2. The summed E-state index contributed by atoms with van der Waals surface area (Å²) in [6.07, 6.45) is 3.83. The normalized spacial score (nSPS) is 15.0. The van der Waals surface area contributed by atoms with Crippen LogP contribution < -0.4 is 11.1 Å². The zero-order valence-corrected chi connectivity index (χ0v) is 12.3. The van der Waals surface area contributed by atoms with E-state index < -0.39 is 17.7 Å². The monoisotopic (exact) mass is 313 g/mol. The summed E-state index contributed by atoms with van der Waals surface area (Å²) >= 11 is 4.87. The molecule has 1 aliphatic carbocycles. The third kappa shape index (κ3) is 4.10. The van der Waals surface area contributed by atoms with E-state index in [1.54, 1.807) is 0 Å². The van der Waals surface area contributed by atoms with Gasteiger partial charge in [-0.05, 0) is 25.0 Å². The molecule has 2 amide bonds. The number of amides is 2. The van der Waals surface area contributed by atoms with E-state index in [0.29, 0.717) is 0 Å². The number of thiocarbonyl (C=S) groups is 1. The maximum absolute atomic E-state index is 13.6. The summed E-state index contributed by atoms with van der Waals surface area (Å²) in [4.78, 5) is 14.0. The molecule has 0 atom stereocenters. The van der Waals surface area contributed by atoms with Gasteiger partial charge in [-0.3, -0.25) is 0 Å². The molecule has 7 heteroatoms. The minimum Gasteiger partial charge on any atom is -0.392 e. The van der Waals surface area contributed by atoms with Crippen molar-refractivity contribution in [2.24, 2.45) is 5.73 Å². The molecule has 1 aliphatic rings. The fraction of sp³-hybridized carbons (Fsp3) is 0.429. The van der Waals surface area contributed by atoms with Crippen LogP contribution in [0.15, 0.2) is 18.2 Å². The number of nitrogens with two attached hydrogens (primary N) is 1. The molecule has 0 bridgehead atoms. The van der Waals surface area contributed by atoms with Gasteiger partial charge in [0.2, 0.25) is 0 Å². The molecule has 1 aromatic rings. The number of rotatable bonds is 4. The number of nitrogens with one attached hydrogen (secondary N) is 1. The van der Waals surface area contributed by atoms with Gasteiger partial charge in [0.25, 0.3) is 0 Å². The number of hydrogen-bond donors (Lipinski definition) is 2. The molecule has 114 valence electrons. The first-order chi connectivity index (χ1) is 9.97. The van der Waals surface area contributed by atoms with Crippen LogP contribution in [0.3, 0.4) is 0 Å². The van der Waals surface area contributed by atoms with Gasteiger partial charge in [0, 0.05) is 12.1 Å². The van der Waals surface area contributed by atoms with Crippen LogP contribution in [0.5, 0.6) is 0 Å². The molecule has 4 nitrogen and oxygen atoms in total. The maximum atomic E-state index is 13.6. The average molecular weight is 313 g/mol. The quantitative estimate of drug-likeness (QED) is 0.840. The molecule has 3 N–H and O–H groups in total. The second-order valence-electron chi connectivity index (χ2n) is 5.09. The summed E-state index contributed by atoms with van der Waals surface area (Å²) in [5, 5.41) is 2.45. The summed E-state index contributed by atoms with van der Waals surface area (Å²) in [7, 11) is 0. The minimum atomic E-state index is -0.815. The van der Waals surface area contributed by atoms with E-state index in [-0.39, 0.29) is 23.3 Å². The molecular formula is C14H17F2N3OS. The van der Waals surface area contributed by atoms with Gasteiger partial charge in [-0.25, -0.2) is 13.6 Å². The number of carbonyl (C=O) groups excluding carboxylic acids is 1. The second-order valence-corrected chi connectivity index (χ2v) is 5.61. The first-order valence-electron chi connectivity index (χ1n) is 6.78. The van der Waals surface area contributed by atoms with Crippen molar-refractivity contribution in [3.05, 3.63) is 29.8 Å². The van der Waals surface area contributed by atoms with E-state index in [1.165, 1.54) is 11.0 Å². The van der Waals surface area contributed by atoms with E-state index in [1.807, 2.05) is 0 Å². The fourth-order valence-electron chi connectivity index (χ4n) is 2.53. The molecule has 0 unspecified atom stereocenters. The summed E-state index contributed by atoms with van der Waals surface area (Å²) in [6, 6.07) is 2.58. The summed E-state index contributed by atoms with van der Waals surface area (Å²) < 4.78 is 26.5. The Labute approximate surface area is 127 Å². The van der Waals surface area contributed by atoms with Crippen LogP contribution in [0.25, 0.3) is 0 Å². The van der Waals surface area contributed by atoms with Crippen LogP contribution in [0.4, 0.5) is 19.3 Å². The lowest BCUT2D eigenvalue weighted by Gasteiger charge is -2.28. The number of nitrogens with zero attached hydrogens (tertiary/aromatic N) is 1. The molecule has 2 rings (SSSR count). The van der Waals surface area contributed by atoms with E-state index in [0.717, 1.165) is 37.8 Å². The number of hydrogen-bond acceptors (Lipinski definition) is 2. The summed E-state index contributed by atoms with van der Waals surface area (Å²) in [5.74, 6) is -1.51. The molecule has 1 saturated carbocycles. The second kappa shape index (κ2) is 6.80. The molecule has 1 fully saturated rings. The van der Waals surface area contributed by atoms with Crippen molar-refractivity contribution in [3.8, 4) is 0 Å². The third-order valence-corrected chi connectivity index (χ3v) is 3.65. The predicted molar refractivity (Wildman–Crippen MR) is 81.1 cm³/mol. The van der Waals surface area contributed by atoms with Crippen LogP contribution in [0.2, 0.25) is 0 Å². The van der Waals surface area contributed by atoms with Crippen LogP contribution >= 0.6 is 12.2 Å². The van der Waals surface area contributed by atoms with Crippen LogP contribution in [0.1, 0.15) is 25.7 Å². The van der Waals surface area contributed by atoms with Gasteiger partial charge in [0.05, 0.1) is 17.2 Å². The SMILES string of the molecule is NC(=S)CN(C(=O)Nc1ccc(F)cc1F)C1CCCC1. The van der Waals surface area contributed by atoms with Crippen molar-refractivity contribution in [2.75, 3.05) is 11.9 Å². The van der Waals surface area contributed by atoms with Gasteiger partial charge in [-0.1, -0.05) is 25.1 Å². The molecule has 0 aliphatic heterocycles. The van der Waals surface area contributed by atoms with Crippen LogP contribution in [-0.4, -0.2) is 28.5 Å². The Bertz CT molecular complexity index is 547. The molecule has 0 spiro atoms. The third-order valence-electron chi connectivity index (χ3n) is 3.53. The number of urea groups is 1. The van der Waals surface area contributed by atoms with Gasteiger partial charge in [0.15, 0.2) is 0 Å². The van der Waals surface area contributed by atoms with E-state index in [9.17, 15) is 13.6 Å². The highest BCUT2D eigenvalue weighted by atomic mass is 32.1. The highest BCUT2D eigenvalue weighted by Gasteiger charge is 2.27. The predicted octanol–water partition coefficient (Wildman–Crippen LogP) is 3.03. The standard InChI is InChI=1S/C14H17F2N3OS/c15-9-5-6-12(11(16)7-9)18-14(20)19(8-13(17)21)10-3-1-2-4-10/h5-7,10H,1-4,8H2,(H2,17,21)(H,18,20). The summed E-state index contributed by atoms with van der Waals surface area (Å²) in [6.45, 7) is 0.147. The Morgan fingerprint density at radius 1 is 1.38 bits per heavy atom. The lowest BCUT2D eigenvalue weighted by molar-refractivity contribution is 0.199. The largest absolute Gasteiger partial charge is 0.392 e. The lowest BCUT2D eigenvalue weighted by atomic mass is 10.2. The highest BCUT2D eigenvalue weighted by molar-refractivity contribution is 7.80. The number of carbonyl (C=O) groups is 1. The molecular weight excluding hydrogens is 296 g/mol. The van der Waals surface area contributed by atoms with E-state index in [2.05, 4.69) is 5.32 Å². The topological polar surface area (TPSA) is 58.4 Å².